The third-order valence-electron chi connectivity index (χ3n) is 3.10. The maximum Gasteiger partial charge on any atom is 0.0678 e. The van der Waals surface area contributed by atoms with E-state index in [4.69, 9.17) is 10.5 Å². The monoisotopic (exact) mass is 238 g/mol. The second kappa shape index (κ2) is 5.16. The molecule has 2 rings (SSSR count). The molecular formula is C12H22N4O. The molecular weight excluding hydrogens is 216 g/mol. The zero-order valence-corrected chi connectivity index (χ0v) is 10.8. The molecule has 2 heterocycles. The number of morpholine rings is 1. The summed E-state index contributed by atoms with van der Waals surface area (Å²) in [6, 6.07) is 0.0289. The molecule has 0 spiro atoms. The lowest BCUT2D eigenvalue weighted by Gasteiger charge is -2.36. The van der Waals surface area contributed by atoms with Gasteiger partial charge in [-0.1, -0.05) is 0 Å². The molecule has 1 unspecified atom stereocenters. The first-order valence-corrected chi connectivity index (χ1v) is 6.16. The summed E-state index contributed by atoms with van der Waals surface area (Å²) in [4.78, 5) is 2.37. The molecule has 1 aromatic heterocycles. The van der Waals surface area contributed by atoms with E-state index < -0.39 is 0 Å². The minimum Gasteiger partial charge on any atom is -0.373 e. The van der Waals surface area contributed by atoms with Crippen molar-refractivity contribution in [2.45, 2.75) is 32.1 Å². The van der Waals surface area contributed by atoms with Crippen molar-refractivity contribution in [1.82, 2.24) is 14.7 Å². The quantitative estimate of drug-likeness (QED) is 0.834. The van der Waals surface area contributed by atoms with E-state index in [1.807, 2.05) is 19.4 Å². The van der Waals surface area contributed by atoms with Crippen molar-refractivity contribution < 1.29 is 4.74 Å². The van der Waals surface area contributed by atoms with Crippen molar-refractivity contribution in [3.8, 4) is 0 Å². The second-order valence-electron chi connectivity index (χ2n) is 5.03. The Kier molecular flexibility index (Phi) is 3.81. The van der Waals surface area contributed by atoms with Gasteiger partial charge < -0.3 is 10.5 Å². The number of aromatic nitrogens is 2. The van der Waals surface area contributed by atoms with Crippen LogP contribution in [0.5, 0.6) is 0 Å². The van der Waals surface area contributed by atoms with Crippen LogP contribution in [0, 0.1) is 0 Å². The van der Waals surface area contributed by atoms with Gasteiger partial charge in [-0.05, 0) is 13.8 Å². The number of nitrogens with two attached hydrogens (primary N) is 1. The van der Waals surface area contributed by atoms with Crippen molar-refractivity contribution >= 4 is 0 Å². The van der Waals surface area contributed by atoms with Crippen LogP contribution in [-0.2, 0) is 11.8 Å². The van der Waals surface area contributed by atoms with Crippen LogP contribution in [0.3, 0.4) is 0 Å². The highest BCUT2D eigenvalue weighted by atomic mass is 16.5. The van der Waals surface area contributed by atoms with Crippen LogP contribution < -0.4 is 5.73 Å². The van der Waals surface area contributed by atoms with Crippen molar-refractivity contribution in [2.75, 3.05) is 19.6 Å². The van der Waals surface area contributed by atoms with Crippen LogP contribution in [0.25, 0.3) is 0 Å². The lowest BCUT2D eigenvalue weighted by atomic mass is 10.1. The number of aryl methyl sites for hydroxylation is 1. The van der Waals surface area contributed by atoms with Crippen LogP contribution in [0.4, 0.5) is 0 Å². The zero-order chi connectivity index (χ0) is 12.4. The topological polar surface area (TPSA) is 56.3 Å². The lowest BCUT2D eigenvalue weighted by Crippen LogP contribution is -2.47. The van der Waals surface area contributed by atoms with Crippen LogP contribution in [0.15, 0.2) is 12.4 Å². The molecule has 1 aliphatic heterocycles. The Morgan fingerprint density at radius 3 is 2.65 bits per heavy atom. The van der Waals surface area contributed by atoms with E-state index in [0.717, 1.165) is 25.2 Å². The molecule has 0 aliphatic carbocycles. The summed E-state index contributed by atoms with van der Waals surface area (Å²) in [6.07, 6.45) is 4.41. The fourth-order valence-electron chi connectivity index (χ4n) is 2.45. The second-order valence-corrected chi connectivity index (χ2v) is 5.03. The fraction of sp³-hybridized carbons (Fsp3) is 0.750. The van der Waals surface area contributed by atoms with Gasteiger partial charge in [0, 0.05) is 44.5 Å². The number of hydrogen-bond donors (Lipinski definition) is 1. The number of nitrogens with zero attached hydrogens (tertiary/aromatic N) is 3. The van der Waals surface area contributed by atoms with Crippen molar-refractivity contribution in [1.29, 1.82) is 0 Å². The van der Waals surface area contributed by atoms with Gasteiger partial charge in [0.15, 0.2) is 0 Å². The van der Waals surface area contributed by atoms with E-state index in [0.29, 0.717) is 12.2 Å². The maximum atomic E-state index is 6.19. The lowest BCUT2D eigenvalue weighted by molar-refractivity contribution is -0.0691. The zero-order valence-electron chi connectivity index (χ0n) is 10.8. The molecule has 0 radical (unpaired) electrons. The first-order valence-electron chi connectivity index (χ1n) is 6.16. The number of ether oxygens (including phenoxy) is 1. The predicted molar refractivity (Wildman–Crippen MR) is 66.6 cm³/mol. The summed E-state index contributed by atoms with van der Waals surface area (Å²) in [5.41, 5.74) is 7.29. The third-order valence-corrected chi connectivity index (χ3v) is 3.10. The van der Waals surface area contributed by atoms with Crippen LogP contribution in [-0.4, -0.2) is 46.5 Å². The van der Waals surface area contributed by atoms with Gasteiger partial charge in [-0.3, -0.25) is 9.58 Å². The van der Waals surface area contributed by atoms with Gasteiger partial charge in [0.25, 0.3) is 0 Å². The van der Waals surface area contributed by atoms with Gasteiger partial charge in [0.1, 0.15) is 0 Å². The average Bonchev–Trinajstić information content (AvgIpc) is 2.63. The first-order chi connectivity index (χ1) is 8.04. The Bertz CT molecular complexity index is 355. The van der Waals surface area contributed by atoms with E-state index in [2.05, 4.69) is 23.8 Å². The van der Waals surface area contributed by atoms with Gasteiger partial charge in [-0.2, -0.15) is 5.10 Å². The Morgan fingerprint density at radius 2 is 2.12 bits per heavy atom. The molecule has 0 bridgehead atoms. The van der Waals surface area contributed by atoms with Crippen molar-refractivity contribution in [2.24, 2.45) is 12.8 Å². The van der Waals surface area contributed by atoms with E-state index in [-0.39, 0.29) is 6.04 Å². The molecule has 1 aromatic rings. The largest absolute Gasteiger partial charge is 0.373 e. The van der Waals surface area contributed by atoms with Crippen molar-refractivity contribution in [3.63, 3.8) is 0 Å². The SMILES string of the molecule is C[C@@H]1CN(CC(N)c2cnn(C)c2)C[C@H](C)O1. The molecule has 2 N–H and O–H groups in total. The molecule has 1 fully saturated rings. The van der Waals surface area contributed by atoms with E-state index in [1.54, 1.807) is 4.68 Å². The molecule has 0 amide bonds. The van der Waals surface area contributed by atoms with Crippen LogP contribution in [0.2, 0.25) is 0 Å². The standard InChI is InChI=1S/C12H22N4O/c1-9-5-16(6-10(2)17-9)8-12(13)11-4-14-15(3)7-11/h4,7,9-10,12H,5-6,8,13H2,1-3H3/t9-,10+,12?. The summed E-state index contributed by atoms with van der Waals surface area (Å²) < 4.78 is 7.50. The van der Waals surface area contributed by atoms with Gasteiger partial charge in [0.2, 0.25) is 0 Å². The Labute approximate surface area is 103 Å². The summed E-state index contributed by atoms with van der Waals surface area (Å²) in [5, 5.41) is 4.15. The number of rotatable bonds is 3. The smallest absolute Gasteiger partial charge is 0.0678 e. The minimum absolute atomic E-state index is 0.0289. The Balaban J connectivity index is 1.92. The highest BCUT2D eigenvalue weighted by Crippen LogP contribution is 2.15. The first kappa shape index (κ1) is 12.5. The highest BCUT2D eigenvalue weighted by molar-refractivity contribution is 5.10. The van der Waals surface area contributed by atoms with E-state index in [9.17, 15) is 0 Å². The van der Waals surface area contributed by atoms with Gasteiger partial charge >= 0.3 is 0 Å². The summed E-state index contributed by atoms with van der Waals surface area (Å²) in [5.74, 6) is 0. The van der Waals surface area contributed by atoms with Gasteiger partial charge in [-0.15, -0.1) is 0 Å². The average molecular weight is 238 g/mol. The molecule has 17 heavy (non-hydrogen) atoms. The molecule has 5 heteroatoms. The van der Waals surface area contributed by atoms with Crippen LogP contribution >= 0.6 is 0 Å². The van der Waals surface area contributed by atoms with E-state index >= 15 is 0 Å². The summed E-state index contributed by atoms with van der Waals surface area (Å²) in [7, 11) is 1.91. The fourth-order valence-corrected chi connectivity index (χ4v) is 2.45. The number of hydrogen-bond acceptors (Lipinski definition) is 4. The Morgan fingerprint density at radius 1 is 1.47 bits per heavy atom. The van der Waals surface area contributed by atoms with Gasteiger partial charge in [0.05, 0.1) is 18.4 Å². The molecule has 0 saturated carbocycles. The molecule has 1 aliphatic rings. The normalized spacial score (nSPS) is 28.2. The minimum atomic E-state index is 0.0289. The Hall–Kier alpha value is -0.910. The third kappa shape index (κ3) is 3.28. The molecule has 1 saturated heterocycles. The molecule has 96 valence electrons. The molecule has 5 nitrogen and oxygen atoms in total. The van der Waals surface area contributed by atoms with Crippen molar-refractivity contribution in [3.05, 3.63) is 18.0 Å². The summed E-state index contributed by atoms with van der Waals surface area (Å²) >= 11 is 0. The molecule has 0 aromatic carbocycles. The maximum absolute atomic E-state index is 6.19. The van der Waals surface area contributed by atoms with E-state index in [1.165, 1.54) is 0 Å². The highest BCUT2D eigenvalue weighted by Gasteiger charge is 2.24. The molecule has 3 atom stereocenters. The van der Waals surface area contributed by atoms with Crippen LogP contribution in [0.1, 0.15) is 25.5 Å². The van der Waals surface area contributed by atoms with Gasteiger partial charge in [-0.25, -0.2) is 0 Å². The summed E-state index contributed by atoms with van der Waals surface area (Å²) in [6.45, 7) is 7.00. The predicted octanol–water partition coefficient (Wildman–Crippen LogP) is 0.529.